The lowest BCUT2D eigenvalue weighted by Crippen LogP contribution is -2.23. The van der Waals surface area contributed by atoms with Crippen molar-refractivity contribution in [2.45, 2.75) is 24.8 Å². The molecule has 0 N–H and O–H groups in total. The zero-order valence-corrected chi connectivity index (χ0v) is 18.4. The Labute approximate surface area is 186 Å². The number of ether oxygens (including phenoxy) is 1. The first-order chi connectivity index (χ1) is 14.5. The number of hydrogen-bond acceptors (Lipinski definition) is 6. The molecule has 0 spiro atoms. The molecule has 3 rings (SSSR count). The van der Waals surface area contributed by atoms with Crippen molar-refractivity contribution in [1.29, 1.82) is 0 Å². The minimum atomic E-state index is -0.521. The van der Waals surface area contributed by atoms with Gasteiger partial charge in [-0.15, -0.1) is 23.1 Å². The Morgan fingerprint density at radius 3 is 2.67 bits per heavy atom. The van der Waals surface area contributed by atoms with Crippen molar-refractivity contribution in [3.63, 3.8) is 0 Å². The normalized spacial score (nSPS) is 10.6. The highest BCUT2D eigenvalue weighted by atomic mass is 35.5. The number of para-hydroxylation sites is 1. The number of amides is 1. The van der Waals surface area contributed by atoms with Crippen molar-refractivity contribution in [3.8, 4) is 0 Å². The Kier molecular flexibility index (Phi) is 7.84. The van der Waals surface area contributed by atoms with Gasteiger partial charge in [0.15, 0.2) is 5.13 Å². The maximum absolute atomic E-state index is 14.1. The Hall–Kier alpha value is -2.42. The van der Waals surface area contributed by atoms with Gasteiger partial charge in [0.1, 0.15) is 12.4 Å². The van der Waals surface area contributed by atoms with Crippen LogP contribution in [0.2, 0.25) is 5.02 Å². The molecule has 30 heavy (non-hydrogen) atoms. The van der Waals surface area contributed by atoms with E-state index >= 15 is 0 Å². The van der Waals surface area contributed by atoms with Crippen LogP contribution in [0.25, 0.3) is 0 Å². The maximum atomic E-state index is 14.1. The molecule has 0 saturated heterocycles. The fourth-order valence-corrected chi connectivity index (χ4v) is 4.57. The van der Waals surface area contributed by atoms with E-state index in [9.17, 15) is 14.0 Å². The minimum Gasteiger partial charge on any atom is -0.459 e. The van der Waals surface area contributed by atoms with Gasteiger partial charge in [-0.1, -0.05) is 35.9 Å². The van der Waals surface area contributed by atoms with Gasteiger partial charge >= 0.3 is 5.97 Å². The highest BCUT2D eigenvalue weighted by Gasteiger charge is 2.21. The molecule has 0 bridgehead atoms. The van der Waals surface area contributed by atoms with Crippen molar-refractivity contribution >= 4 is 57.4 Å². The molecule has 0 aliphatic carbocycles. The molecule has 2 aromatic carbocycles. The fraction of sp³-hybridized carbons (Fsp3) is 0.190. The number of halogens is 2. The first-order valence-corrected chi connectivity index (χ1v) is 11.2. The molecule has 9 heteroatoms. The van der Waals surface area contributed by atoms with Crippen LogP contribution in [0.1, 0.15) is 19.0 Å². The summed E-state index contributed by atoms with van der Waals surface area (Å²) in [5, 5.41) is 2.64. The molecular weight excluding hydrogens is 447 g/mol. The zero-order valence-electron chi connectivity index (χ0n) is 16.0. The molecule has 0 atom stereocenters. The molecule has 1 amide bonds. The number of nitrogens with zero attached hydrogens (tertiary/aromatic N) is 2. The topological polar surface area (TPSA) is 59.5 Å². The summed E-state index contributed by atoms with van der Waals surface area (Å²) in [7, 11) is 0. The van der Waals surface area contributed by atoms with Crippen LogP contribution in [0.15, 0.2) is 58.8 Å². The largest absolute Gasteiger partial charge is 0.459 e. The van der Waals surface area contributed by atoms with Crippen LogP contribution in [0.5, 0.6) is 0 Å². The Balaban J connectivity index is 1.54. The average molecular weight is 465 g/mol. The molecule has 1 aromatic heterocycles. The number of anilines is 2. The number of esters is 1. The van der Waals surface area contributed by atoms with Crippen LogP contribution in [0.4, 0.5) is 15.2 Å². The van der Waals surface area contributed by atoms with Crippen molar-refractivity contribution in [3.05, 3.63) is 70.4 Å². The smallest absolute Gasteiger partial charge is 0.307 e. The van der Waals surface area contributed by atoms with E-state index in [1.165, 1.54) is 47.1 Å². The number of rotatable bonds is 8. The lowest BCUT2D eigenvalue weighted by atomic mass is 10.3. The molecule has 0 unspecified atom stereocenters. The Morgan fingerprint density at radius 1 is 1.20 bits per heavy atom. The number of carbonyl (C=O) groups excluding carboxylic acids is 2. The van der Waals surface area contributed by atoms with E-state index in [4.69, 9.17) is 16.3 Å². The predicted molar refractivity (Wildman–Crippen MR) is 118 cm³/mol. The van der Waals surface area contributed by atoms with Crippen LogP contribution in [-0.2, 0) is 20.9 Å². The molecule has 5 nitrogen and oxygen atoms in total. The van der Waals surface area contributed by atoms with Crippen LogP contribution >= 0.6 is 34.7 Å². The van der Waals surface area contributed by atoms with Gasteiger partial charge in [-0.25, -0.2) is 9.37 Å². The van der Waals surface area contributed by atoms with Crippen molar-refractivity contribution in [2.24, 2.45) is 0 Å². The molecule has 1 heterocycles. The third-order valence-electron chi connectivity index (χ3n) is 3.92. The SMILES string of the molecule is CC(=O)N(c1nc(COC(=O)CCSc2ccccc2Cl)cs1)c1ccccc1F. The monoisotopic (exact) mass is 464 g/mol. The molecule has 0 aliphatic heterocycles. The summed E-state index contributed by atoms with van der Waals surface area (Å²) in [6.45, 7) is 1.32. The summed E-state index contributed by atoms with van der Waals surface area (Å²) in [6.07, 6.45) is 0.224. The number of thioether (sulfide) groups is 1. The van der Waals surface area contributed by atoms with Gasteiger partial charge in [-0.2, -0.15) is 0 Å². The lowest BCUT2D eigenvalue weighted by molar-refractivity contribution is -0.144. The van der Waals surface area contributed by atoms with Gasteiger partial charge in [-0.05, 0) is 24.3 Å². The highest BCUT2D eigenvalue weighted by Crippen LogP contribution is 2.31. The van der Waals surface area contributed by atoms with Gasteiger partial charge in [0.05, 0.1) is 22.8 Å². The second-order valence-electron chi connectivity index (χ2n) is 6.12. The van der Waals surface area contributed by atoms with Gasteiger partial charge in [0.25, 0.3) is 0 Å². The molecule has 0 radical (unpaired) electrons. The third kappa shape index (κ3) is 5.81. The Bertz CT molecular complexity index is 1040. The Morgan fingerprint density at radius 2 is 1.93 bits per heavy atom. The van der Waals surface area contributed by atoms with Gasteiger partial charge in [0.2, 0.25) is 5.91 Å². The second kappa shape index (κ2) is 10.6. The van der Waals surface area contributed by atoms with Gasteiger partial charge in [0, 0.05) is 23.0 Å². The molecular formula is C21H18ClFN2O3S2. The summed E-state index contributed by atoms with van der Waals surface area (Å²) in [5.41, 5.74) is 0.615. The average Bonchev–Trinajstić information content (AvgIpc) is 3.18. The molecule has 0 aliphatic rings. The lowest BCUT2D eigenvalue weighted by Gasteiger charge is -2.18. The summed E-state index contributed by atoms with van der Waals surface area (Å²) in [4.78, 5) is 30.5. The van der Waals surface area contributed by atoms with E-state index in [0.29, 0.717) is 21.6 Å². The standard InChI is InChI=1S/C21H18ClFN2O3S2/c1-14(26)25(18-8-4-3-7-17(18)23)21-24-15(13-30-21)12-28-20(27)10-11-29-19-9-5-2-6-16(19)22/h2-9,13H,10-12H2,1H3. The maximum Gasteiger partial charge on any atom is 0.307 e. The minimum absolute atomic E-state index is 0.0187. The summed E-state index contributed by atoms with van der Waals surface area (Å²) < 4.78 is 19.4. The van der Waals surface area contributed by atoms with E-state index < -0.39 is 5.82 Å². The predicted octanol–water partition coefficient (Wildman–Crippen LogP) is 5.85. The van der Waals surface area contributed by atoms with E-state index in [1.807, 2.05) is 18.2 Å². The zero-order chi connectivity index (χ0) is 21.5. The van der Waals surface area contributed by atoms with Crippen molar-refractivity contribution in [2.75, 3.05) is 10.7 Å². The molecule has 0 fully saturated rings. The third-order valence-corrected chi connectivity index (χ3v) is 6.31. The number of hydrogen-bond donors (Lipinski definition) is 0. The van der Waals surface area contributed by atoms with Crippen LogP contribution in [0.3, 0.4) is 0 Å². The van der Waals surface area contributed by atoms with Crippen LogP contribution < -0.4 is 4.90 Å². The second-order valence-corrected chi connectivity index (χ2v) is 8.50. The summed E-state index contributed by atoms with van der Waals surface area (Å²) >= 11 is 8.75. The quantitative estimate of drug-likeness (QED) is 0.309. The summed E-state index contributed by atoms with van der Waals surface area (Å²) in [5.74, 6) is -0.709. The molecule has 3 aromatic rings. The molecule has 0 saturated carbocycles. The van der Waals surface area contributed by atoms with E-state index in [0.717, 1.165) is 4.90 Å². The van der Waals surface area contributed by atoms with E-state index in [1.54, 1.807) is 23.6 Å². The number of thiazole rings is 1. The van der Waals surface area contributed by atoms with Crippen molar-refractivity contribution in [1.82, 2.24) is 4.98 Å². The van der Waals surface area contributed by atoms with Gasteiger partial charge < -0.3 is 4.74 Å². The highest BCUT2D eigenvalue weighted by molar-refractivity contribution is 7.99. The van der Waals surface area contributed by atoms with Gasteiger partial charge in [-0.3, -0.25) is 14.5 Å². The van der Waals surface area contributed by atoms with Crippen molar-refractivity contribution < 1.29 is 18.7 Å². The molecule has 156 valence electrons. The van der Waals surface area contributed by atoms with E-state index in [2.05, 4.69) is 4.98 Å². The first-order valence-electron chi connectivity index (χ1n) is 8.98. The number of benzene rings is 2. The fourth-order valence-electron chi connectivity index (χ4n) is 2.54. The first kappa shape index (κ1) is 22.3. The number of aromatic nitrogens is 1. The van der Waals surface area contributed by atoms with Crippen LogP contribution in [0, 0.1) is 5.82 Å². The van der Waals surface area contributed by atoms with Crippen LogP contribution in [-0.4, -0.2) is 22.6 Å². The number of carbonyl (C=O) groups is 2. The summed E-state index contributed by atoms with van der Waals surface area (Å²) in [6, 6.07) is 13.4. The van der Waals surface area contributed by atoms with E-state index in [-0.39, 0.29) is 30.6 Å².